The fourth-order valence-corrected chi connectivity index (χ4v) is 2.38. The van der Waals surface area contributed by atoms with Crippen molar-refractivity contribution >= 4 is 5.78 Å². The van der Waals surface area contributed by atoms with Crippen LogP contribution in [0, 0.1) is 11.8 Å². The number of ketones is 1. The first-order valence-corrected chi connectivity index (χ1v) is 5.21. The van der Waals surface area contributed by atoms with E-state index < -0.39 is 6.10 Å². The van der Waals surface area contributed by atoms with Crippen LogP contribution in [-0.4, -0.2) is 36.5 Å². The molecule has 1 heterocycles. The van der Waals surface area contributed by atoms with Gasteiger partial charge in [-0.25, -0.2) is 0 Å². The minimum atomic E-state index is -0.550. The van der Waals surface area contributed by atoms with Crippen molar-refractivity contribution in [2.75, 3.05) is 7.11 Å². The number of methoxy groups -OCH3 is 1. The summed E-state index contributed by atoms with van der Waals surface area (Å²) in [6, 6.07) is 0. The van der Waals surface area contributed by atoms with Gasteiger partial charge in [0.2, 0.25) is 0 Å². The largest absolute Gasteiger partial charge is 0.390 e. The number of carbonyl (C=O) groups excluding carboxylic acids is 1. The normalized spacial score (nSPS) is 45.3. The van der Waals surface area contributed by atoms with Gasteiger partial charge in [-0.3, -0.25) is 4.79 Å². The number of aliphatic hydroxyl groups excluding tert-OH is 1. The third-order valence-corrected chi connectivity index (χ3v) is 3.24. The van der Waals surface area contributed by atoms with Crippen molar-refractivity contribution in [1.82, 2.24) is 0 Å². The second-order valence-electron chi connectivity index (χ2n) is 4.21. The average Bonchev–Trinajstić information content (AvgIpc) is 2.23. The Bertz CT molecular complexity index is 286. The predicted molar refractivity (Wildman–Crippen MR) is 53.1 cm³/mol. The lowest BCUT2D eigenvalue weighted by Gasteiger charge is -2.43. The highest BCUT2D eigenvalue weighted by molar-refractivity contribution is 5.90. The van der Waals surface area contributed by atoms with Crippen molar-refractivity contribution in [3.8, 4) is 0 Å². The second kappa shape index (κ2) is 4.04. The summed E-state index contributed by atoms with van der Waals surface area (Å²) in [4.78, 5) is 11.3. The third kappa shape index (κ3) is 1.85. The van der Waals surface area contributed by atoms with Crippen molar-refractivity contribution in [2.24, 2.45) is 11.8 Å². The summed E-state index contributed by atoms with van der Waals surface area (Å²) < 4.78 is 10.7. The number of allylic oxidation sites excluding steroid dienone is 1. The van der Waals surface area contributed by atoms with E-state index in [1.165, 1.54) is 0 Å². The molecule has 2 aliphatic rings. The van der Waals surface area contributed by atoms with Crippen molar-refractivity contribution < 1.29 is 19.4 Å². The van der Waals surface area contributed by atoms with Gasteiger partial charge in [0.15, 0.2) is 12.1 Å². The lowest BCUT2D eigenvalue weighted by atomic mass is 9.76. The zero-order chi connectivity index (χ0) is 11.0. The molecule has 84 valence electrons. The number of ether oxygens (including phenoxy) is 2. The Morgan fingerprint density at radius 1 is 1.60 bits per heavy atom. The molecule has 0 aromatic rings. The molecule has 15 heavy (non-hydrogen) atoms. The van der Waals surface area contributed by atoms with Crippen LogP contribution in [0.25, 0.3) is 0 Å². The number of fused-ring (bicyclic) bond motifs is 1. The lowest BCUT2D eigenvalue weighted by molar-refractivity contribution is -0.249. The van der Waals surface area contributed by atoms with Gasteiger partial charge in [-0.05, 0) is 13.0 Å². The number of carbonyl (C=O) groups is 1. The van der Waals surface area contributed by atoms with E-state index >= 15 is 0 Å². The Labute approximate surface area is 88.9 Å². The van der Waals surface area contributed by atoms with Crippen LogP contribution in [-0.2, 0) is 14.3 Å². The first-order valence-electron chi connectivity index (χ1n) is 5.21. The van der Waals surface area contributed by atoms with Crippen LogP contribution < -0.4 is 0 Å². The summed E-state index contributed by atoms with van der Waals surface area (Å²) in [6.45, 7) is 1.82. The molecule has 0 bridgehead atoms. The molecule has 5 atom stereocenters. The van der Waals surface area contributed by atoms with Crippen molar-refractivity contribution in [2.45, 2.75) is 31.8 Å². The van der Waals surface area contributed by atoms with Crippen LogP contribution in [0.1, 0.15) is 13.3 Å². The molecule has 2 rings (SSSR count). The molecule has 1 aliphatic heterocycles. The molecule has 0 spiro atoms. The average molecular weight is 212 g/mol. The predicted octanol–water partition coefficient (Wildman–Crippen LogP) is 0.500. The summed E-state index contributed by atoms with van der Waals surface area (Å²) in [5.74, 6) is -0.0150. The second-order valence-corrected chi connectivity index (χ2v) is 4.21. The molecule has 1 N–H and O–H groups in total. The fourth-order valence-electron chi connectivity index (χ4n) is 2.38. The molecular formula is C11H16O4. The zero-order valence-electron chi connectivity index (χ0n) is 8.92. The van der Waals surface area contributed by atoms with Crippen molar-refractivity contribution in [3.05, 3.63) is 12.2 Å². The zero-order valence-corrected chi connectivity index (χ0v) is 8.92. The van der Waals surface area contributed by atoms with Crippen LogP contribution in [0.15, 0.2) is 12.2 Å². The van der Waals surface area contributed by atoms with Gasteiger partial charge in [-0.15, -0.1) is 0 Å². The highest BCUT2D eigenvalue weighted by Gasteiger charge is 2.44. The molecule has 0 aromatic carbocycles. The van der Waals surface area contributed by atoms with E-state index in [1.807, 2.05) is 6.92 Å². The molecule has 0 unspecified atom stereocenters. The minimum absolute atomic E-state index is 0.0311. The van der Waals surface area contributed by atoms with Crippen LogP contribution >= 0.6 is 0 Å². The summed E-state index contributed by atoms with van der Waals surface area (Å²) >= 11 is 0. The first kappa shape index (κ1) is 10.8. The highest BCUT2D eigenvalue weighted by Crippen LogP contribution is 2.37. The molecule has 0 aromatic heterocycles. The molecule has 1 aliphatic carbocycles. The maximum absolute atomic E-state index is 11.3. The van der Waals surface area contributed by atoms with E-state index in [2.05, 4.69) is 0 Å². The van der Waals surface area contributed by atoms with Crippen LogP contribution in [0.2, 0.25) is 0 Å². The maximum atomic E-state index is 11.3. The minimum Gasteiger partial charge on any atom is -0.390 e. The van der Waals surface area contributed by atoms with E-state index in [9.17, 15) is 9.90 Å². The van der Waals surface area contributed by atoms with Gasteiger partial charge in [-0.2, -0.15) is 0 Å². The van der Waals surface area contributed by atoms with Gasteiger partial charge in [0, 0.05) is 25.4 Å². The Morgan fingerprint density at radius 2 is 2.33 bits per heavy atom. The van der Waals surface area contributed by atoms with Gasteiger partial charge in [0.1, 0.15) is 0 Å². The first-order chi connectivity index (χ1) is 7.13. The molecule has 4 nitrogen and oxygen atoms in total. The highest BCUT2D eigenvalue weighted by atomic mass is 16.7. The molecule has 4 heteroatoms. The van der Waals surface area contributed by atoms with Gasteiger partial charge in [0.05, 0.1) is 12.2 Å². The Balaban J connectivity index is 2.23. The van der Waals surface area contributed by atoms with Crippen molar-refractivity contribution in [1.29, 1.82) is 0 Å². The number of hydrogen-bond donors (Lipinski definition) is 1. The van der Waals surface area contributed by atoms with Gasteiger partial charge < -0.3 is 14.6 Å². The van der Waals surface area contributed by atoms with E-state index in [0.29, 0.717) is 6.42 Å². The topological polar surface area (TPSA) is 55.8 Å². The van der Waals surface area contributed by atoms with Gasteiger partial charge in [0.25, 0.3) is 0 Å². The quantitative estimate of drug-likeness (QED) is 0.687. The molecule has 0 saturated carbocycles. The Kier molecular flexibility index (Phi) is 2.91. The standard InChI is InChI=1S/C11H16O4/c1-6-10(13)8-4-3-7(12)5-9(8)11(14-2)15-6/h3-4,6,8-11,13H,5H2,1-2H3/t6-,8-,9+,10+,11+/m1/s1. The van der Waals surface area contributed by atoms with Crippen molar-refractivity contribution in [3.63, 3.8) is 0 Å². The van der Waals surface area contributed by atoms with E-state index in [-0.39, 0.29) is 30.0 Å². The van der Waals surface area contributed by atoms with Gasteiger partial charge >= 0.3 is 0 Å². The Morgan fingerprint density at radius 3 is 3.00 bits per heavy atom. The van der Waals surface area contributed by atoms with E-state index in [0.717, 1.165) is 0 Å². The fraction of sp³-hybridized carbons (Fsp3) is 0.727. The SMILES string of the molecule is CO[C@H]1O[C@H](C)[C@H](O)[C@@H]2C=CC(=O)C[C@H]12. The summed E-state index contributed by atoms with van der Waals surface area (Å²) in [6.07, 6.45) is 2.53. The number of hydrogen-bond acceptors (Lipinski definition) is 4. The van der Waals surface area contributed by atoms with E-state index in [4.69, 9.17) is 9.47 Å². The molecule has 0 radical (unpaired) electrons. The molecular weight excluding hydrogens is 196 g/mol. The lowest BCUT2D eigenvalue weighted by Crippen LogP contribution is -2.51. The third-order valence-electron chi connectivity index (χ3n) is 3.24. The number of aliphatic hydroxyl groups is 1. The summed E-state index contributed by atoms with van der Waals surface area (Å²) in [5, 5.41) is 9.93. The Hall–Kier alpha value is -0.710. The maximum Gasteiger partial charge on any atom is 0.161 e. The molecule has 0 amide bonds. The monoisotopic (exact) mass is 212 g/mol. The number of rotatable bonds is 1. The van der Waals surface area contributed by atoms with Gasteiger partial charge in [-0.1, -0.05) is 6.08 Å². The molecule has 1 saturated heterocycles. The summed E-state index contributed by atoms with van der Waals surface area (Å²) in [7, 11) is 1.56. The summed E-state index contributed by atoms with van der Waals surface area (Å²) in [5.41, 5.74) is 0. The smallest absolute Gasteiger partial charge is 0.161 e. The van der Waals surface area contributed by atoms with Crippen LogP contribution in [0.5, 0.6) is 0 Å². The molecule has 1 fully saturated rings. The van der Waals surface area contributed by atoms with Crippen LogP contribution in [0.3, 0.4) is 0 Å². The van der Waals surface area contributed by atoms with Crippen LogP contribution in [0.4, 0.5) is 0 Å². The van der Waals surface area contributed by atoms with E-state index in [1.54, 1.807) is 19.3 Å².